The van der Waals surface area contributed by atoms with Gasteiger partial charge in [-0.05, 0) is 74.7 Å². The van der Waals surface area contributed by atoms with Crippen molar-refractivity contribution in [3.63, 3.8) is 0 Å². The molecule has 0 atom stereocenters. The van der Waals surface area contributed by atoms with Crippen LogP contribution in [0.4, 0.5) is 50.9 Å². The fourth-order valence-corrected chi connectivity index (χ4v) is 5.15. The smallest absolute Gasteiger partial charge is 0.320 e. The third kappa shape index (κ3) is 6.96. The first-order valence-electron chi connectivity index (χ1n) is 11.7. The number of alkyl halides is 7. The SMILES string of the molecule is N#CCCCN(C(=O)c1ccc(F)nc1)c1cccc(C(=O)Nc2c(Br)cc(C(F)(C(F)(F)F)C(F)(F)F)cc2Br)c1F. The zero-order valence-corrected chi connectivity index (χ0v) is 24.2. The first kappa shape index (κ1) is 33.8. The molecule has 3 aromatic rings. The van der Waals surface area contributed by atoms with Gasteiger partial charge >= 0.3 is 18.0 Å². The summed E-state index contributed by atoms with van der Waals surface area (Å²) in [4.78, 5) is 30.4. The molecule has 2 amide bonds. The third-order valence-electron chi connectivity index (χ3n) is 5.86. The summed E-state index contributed by atoms with van der Waals surface area (Å²) in [7, 11) is 0. The topological polar surface area (TPSA) is 86.1 Å². The van der Waals surface area contributed by atoms with Crippen molar-refractivity contribution in [2.24, 2.45) is 0 Å². The fourth-order valence-electron chi connectivity index (χ4n) is 3.77. The molecule has 6 nitrogen and oxygen atoms in total. The van der Waals surface area contributed by atoms with Crippen molar-refractivity contribution in [3.8, 4) is 6.07 Å². The van der Waals surface area contributed by atoms with E-state index in [9.17, 15) is 44.7 Å². The molecule has 43 heavy (non-hydrogen) atoms. The Morgan fingerprint density at radius 3 is 2.07 bits per heavy atom. The molecule has 0 spiro atoms. The van der Waals surface area contributed by atoms with Crippen LogP contribution in [0.2, 0.25) is 0 Å². The van der Waals surface area contributed by atoms with Crippen LogP contribution in [0.15, 0.2) is 57.6 Å². The second-order valence-corrected chi connectivity index (χ2v) is 10.4. The van der Waals surface area contributed by atoms with Crippen LogP contribution in [-0.2, 0) is 5.67 Å². The first-order chi connectivity index (χ1) is 19.9. The Morgan fingerprint density at radius 1 is 0.953 bits per heavy atom. The Kier molecular flexibility index (Phi) is 10.2. The summed E-state index contributed by atoms with van der Waals surface area (Å²) < 4.78 is 122. The summed E-state index contributed by atoms with van der Waals surface area (Å²) in [5, 5.41) is 11.0. The van der Waals surface area contributed by atoms with Gasteiger partial charge in [0.2, 0.25) is 5.95 Å². The van der Waals surface area contributed by atoms with Crippen molar-refractivity contribution in [1.29, 1.82) is 5.26 Å². The number of nitrogens with one attached hydrogen (secondary N) is 1. The zero-order valence-electron chi connectivity index (χ0n) is 21.1. The highest BCUT2D eigenvalue weighted by Crippen LogP contribution is 2.54. The second kappa shape index (κ2) is 12.9. The van der Waals surface area contributed by atoms with E-state index in [2.05, 4.69) is 42.2 Å². The average Bonchev–Trinajstić information content (AvgIpc) is 2.91. The molecule has 1 N–H and O–H groups in total. The molecule has 2 aromatic carbocycles. The highest BCUT2D eigenvalue weighted by Gasteiger charge is 2.73. The number of rotatable bonds is 8. The summed E-state index contributed by atoms with van der Waals surface area (Å²) in [6.45, 7) is -0.215. The van der Waals surface area contributed by atoms with Crippen molar-refractivity contribution in [1.82, 2.24) is 4.98 Å². The van der Waals surface area contributed by atoms with E-state index in [1.807, 2.05) is 6.07 Å². The lowest BCUT2D eigenvalue weighted by Gasteiger charge is -2.31. The van der Waals surface area contributed by atoms with E-state index < -0.39 is 73.0 Å². The van der Waals surface area contributed by atoms with Gasteiger partial charge in [0.1, 0.15) is 0 Å². The van der Waals surface area contributed by atoms with Crippen molar-refractivity contribution in [2.75, 3.05) is 16.8 Å². The quantitative estimate of drug-likeness (QED) is 0.143. The Labute approximate surface area is 253 Å². The third-order valence-corrected chi connectivity index (χ3v) is 7.11. The van der Waals surface area contributed by atoms with Crippen molar-refractivity contribution in [2.45, 2.75) is 30.9 Å². The van der Waals surface area contributed by atoms with Crippen molar-refractivity contribution in [3.05, 3.63) is 86.1 Å². The molecule has 0 saturated heterocycles. The molecule has 1 aromatic heterocycles. The predicted molar refractivity (Wildman–Crippen MR) is 142 cm³/mol. The minimum Gasteiger partial charge on any atom is -0.320 e. The number of hydrogen-bond acceptors (Lipinski definition) is 4. The van der Waals surface area contributed by atoms with Gasteiger partial charge in [-0.25, -0.2) is 13.8 Å². The Morgan fingerprint density at radius 2 is 1.56 bits per heavy atom. The van der Waals surface area contributed by atoms with Crippen LogP contribution in [0, 0.1) is 23.1 Å². The molecule has 0 unspecified atom stereocenters. The van der Waals surface area contributed by atoms with E-state index in [0.717, 1.165) is 35.4 Å². The Balaban J connectivity index is 2.01. The number of anilines is 2. The minimum atomic E-state index is -6.39. The van der Waals surface area contributed by atoms with E-state index in [0.29, 0.717) is 0 Å². The van der Waals surface area contributed by atoms with Gasteiger partial charge in [0.25, 0.3) is 11.8 Å². The van der Waals surface area contributed by atoms with Crippen molar-refractivity contribution >= 4 is 55.0 Å². The number of benzene rings is 2. The van der Waals surface area contributed by atoms with E-state index in [1.54, 1.807) is 0 Å². The first-order valence-corrected chi connectivity index (χ1v) is 13.2. The van der Waals surface area contributed by atoms with Crippen LogP contribution < -0.4 is 10.2 Å². The van der Waals surface area contributed by atoms with Gasteiger partial charge in [-0.2, -0.15) is 36.0 Å². The number of unbranched alkanes of at least 4 members (excludes halogenated alkanes) is 1. The van der Waals surface area contributed by atoms with Crippen LogP contribution in [0.25, 0.3) is 0 Å². The second-order valence-electron chi connectivity index (χ2n) is 8.65. The lowest BCUT2D eigenvalue weighted by molar-refractivity contribution is -0.348. The number of halogens is 11. The van der Waals surface area contributed by atoms with E-state index in [1.165, 1.54) is 6.07 Å². The molecule has 1 heterocycles. The van der Waals surface area contributed by atoms with Gasteiger partial charge in [-0.3, -0.25) is 9.59 Å². The van der Waals surface area contributed by atoms with Crippen LogP contribution in [0.1, 0.15) is 39.1 Å². The molecule has 3 rings (SSSR count). The molecule has 0 aliphatic heterocycles. The number of carbonyl (C=O) groups is 2. The lowest BCUT2D eigenvalue weighted by Crippen LogP contribution is -2.50. The van der Waals surface area contributed by atoms with Crippen LogP contribution >= 0.6 is 31.9 Å². The summed E-state index contributed by atoms with van der Waals surface area (Å²) in [5.41, 5.74) is -9.37. The van der Waals surface area contributed by atoms with Gasteiger partial charge < -0.3 is 10.2 Å². The average molecular weight is 746 g/mol. The number of hydrogen-bond donors (Lipinski definition) is 1. The van der Waals surface area contributed by atoms with Gasteiger partial charge in [-0.1, -0.05) is 6.07 Å². The van der Waals surface area contributed by atoms with E-state index in [4.69, 9.17) is 5.26 Å². The number of nitriles is 1. The van der Waals surface area contributed by atoms with Gasteiger partial charge in [0.05, 0.1) is 28.6 Å². The minimum absolute atomic E-state index is 0.0336. The Hall–Kier alpha value is -3.65. The summed E-state index contributed by atoms with van der Waals surface area (Å²) in [5.74, 6) is -4.26. The lowest BCUT2D eigenvalue weighted by atomic mass is 9.94. The van der Waals surface area contributed by atoms with Gasteiger partial charge in [0, 0.05) is 33.7 Å². The Bertz CT molecular complexity index is 1540. The monoisotopic (exact) mass is 744 g/mol. The summed E-state index contributed by atoms with van der Waals surface area (Å²) in [6, 6.07) is 7.44. The van der Waals surface area contributed by atoms with Crippen molar-refractivity contribution < 1.29 is 49.1 Å². The highest BCUT2D eigenvalue weighted by atomic mass is 79.9. The van der Waals surface area contributed by atoms with E-state index in [-0.39, 0.29) is 37.1 Å². The normalized spacial score (nSPS) is 12.0. The molecule has 0 saturated carbocycles. The summed E-state index contributed by atoms with van der Waals surface area (Å²) in [6.07, 6.45) is -11.8. The maximum atomic E-state index is 15.7. The number of aromatic nitrogens is 1. The predicted octanol–water partition coefficient (Wildman–Crippen LogP) is 8.38. The van der Waals surface area contributed by atoms with E-state index >= 15 is 4.39 Å². The molecular formula is C26H15Br2F9N4O2. The molecule has 0 aliphatic carbocycles. The van der Waals surface area contributed by atoms with Crippen LogP contribution in [0.3, 0.4) is 0 Å². The molecule has 0 radical (unpaired) electrons. The van der Waals surface area contributed by atoms with Gasteiger partial charge in [-0.15, -0.1) is 0 Å². The van der Waals surface area contributed by atoms with Crippen LogP contribution in [0.5, 0.6) is 0 Å². The maximum Gasteiger partial charge on any atom is 0.435 e. The highest BCUT2D eigenvalue weighted by molar-refractivity contribution is 9.11. The molecule has 0 aliphatic rings. The van der Waals surface area contributed by atoms with Gasteiger partial charge in [0.15, 0.2) is 5.82 Å². The number of pyridine rings is 1. The number of carbonyl (C=O) groups excluding carboxylic acids is 2. The molecular weight excluding hydrogens is 731 g/mol. The number of amides is 2. The van der Waals surface area contributed by atoms with Crippen LogP contribution in [-0.4, -0.2) is 35.7 Å². The fraction of sp³-hybridized carbons (Fsp3) is 0.231. The zero-order chi connectivity index (χ0) is 32.3. The molecule has 0 bridgehead atoms. The largest absolute Gasteiger partial charge is 0.435 e. The molecule has 17 heteroatoms. The number of nitrogens with zero attached hydrogens (tertiary/aromatic N) is 3. The standard InChI is InChI=1S/C26H15Br2F9N4O2/c27-16-10-14(24(31,25(32,33)34)26(35,36)37)11-17(28)21(16)40-22(42)15-4-3-5-18(20(15)30)41(9-2-1-8-38)23(43)13-6-7-19(29)39-12-13/h3-7,10-12H,1-2,9H2,(H,40,42). The molecule has 0 fully saturated rings. The summed E-state index contributed by atoms with van der Waals surface area (Å²) >= 11 is 5.43. The maximum absolute atomic E-state index is 15.7. The molecule has 228 valence electrons.